The number of nitrogens with zero attached hydrogens (tertiary/aromatic N) is 5. The van der Waals surface area contributed by atoms with Crippen molar-refractivity contribution in [3.8, 4) is 0 Å². The van der Waals surface area contributed by atoms with E-state index >= 15 is 0 Å². The van der Waals surface area contributed by atoms with E-state index in [0.717, 1.165) is 22.7 Å². The van der Waals surface area contributed by atoms with Crippen molar-refractivity contribution in [1.82, 2.24) is 20.2 Å². The molecule has 16 nitrogen and oxygen atoms in total. The van der Waals surface area contributed by atoms with Crippen molar-refractivity contribution in [2.24, 2.45) is 5.16 Å². The molecule has 0 saturated carbocycles. The van der Waals surface area contributed by atoms with Crippen LogP contribution in [0, 0.1) is 0 Å². The van der Waals surface area contributed by atoms with Crippen LogP contribution >= 0.6 is 34.9 Å². The average molecular weight is 652 g/mol. The number of thiazole rings is 1. The lowest BCUT2D eigenvalue weighted by molar-refractivity contribution is -0.723. The Labute approximate surface area is 257 Å². The Kier molecular flexibility index (Phi) is 9.35. The number of hydrogen-bond acceptors (Lipinski definition) is 15. The summed E-state index contributed by atoms with van der Waals surface area (Å²) in [5.74, 6) is -3.41. The molecule has 4 heterocycles. The first-order valence-corrected chi connectivity index (χ1v) is 15.6. The van der Waals surface area contributed by atoms with Crippen LogP contribution in [0.5, 0.6) is 0 Å². The van der Waals surface area contributed by atoms with E-state index in [2.05, 4.69) is 20.4 Å². The van der Waals surface area contributed by atoms with Crippen LogP contribution in [0.25, 0.3) is 0 Å². The van der Waals surface area contributed by atoms with Gasteiger partial charge in [-0.15, -0.1) is 23.1 Å². The van der Waals surface area contributed by atoms with Gasteiger partial charge in [-0.2, -0.15) is 0 Å². The first kappa shape index (κ1) is 31.8. The Bertz CT molecular complexity index is 1540. The lowest BCUT2D eigenvalue weighted by Gasteiger charge is -2.50. The molecule has 2 atom stereocenters. The van der Waals surface area contributed by atoms with Crippen molar-refractivity contribution < 1.29 is 38.8 Å². The number of anilines is 3. The lowest BCUT2D eigenvalue weighted by Crippen LogP contribution is -2.71. The number of aliphatic carboxylic acids is 2. The van der Waals surface area contributed by atoms with Crippen LogP contribution in [0.3, 0.4) is 0 Å². The summed E-state index contributed by atoms with van der Waals surface area (Å²) in [6, 6.07) is 0.426. The Morgan fingerprint density at radius 3 is 2.65 bits per heavy atom. The van der Waals surface area contributed by atoms with E-state index < -0.39 is 46.5 Å². The minimum Gasteiger partial charge on any atom is -0.543 e. The number of carbonyl (C=O) groups is 4. The van der Waals surface area contributed by atoms with E-state index in [0.29, 0.717) is 23.1 Å². The van der Waals surface area contributed by atoms with Gasteiger partial charge >= 0.3 is 11.1 Å². The number of hydrogen-bond donors (Lipinski definition) is 5. The zero-order valence-corrected chi connectivity index (χ0v) is 25.7. The highest BCUT2D eigenvalue weighted by molar-refractivity contribution is 8.01. The van der Waals surface area contributed by atoms with Crippen molar-refractivity contribution in [2.75, 3.05) is 28.7 Å². The third kappa shape index (κ3) is 6.62. The monoisotopic (exact) mass is 651 g/mol. The van der Waals surface area contributed by atoms with E-state index in [1.165, 1.54) is 42.8 Å². The number of carbonyl (C=O) groups excluding carboxylic acids is 3. The minimum atomic E-state index is -1.78. The quantitative estimate of drug-likeness (QED) is 0.0449. The molecular formula is C24H29N9O7S3. The van der Waals surface area contributed by atoms with E-state index in [9.17, 15) is 29.4 Å². The van der Waals surface area contributed by atoms with E-state index in [-0.39, 0.29) is 33.8 Å². The van der Waals surface area contributed by atoms with Crippen LogP contribution in [0.4, 0.5) is 16.8 Å². The topological polar surface area (TPSA) is 256 Å². The molecule has 0 bridgehead atoms. The van der Waals surface area contributed by atoms with Crippen molar-refractivity contribution in [2.45, 2.75) is 55.9 Å². The van der Waals surface area contributed by atoms with Crippen LogP contribution in [0.1, 0.15) is 32.9 Å². The van der Waals surface area contributed by atoms with Crippen LogP contribution < -0.4 is 32.2 Å². The normalized spacial score (nSPS) is 18.6. The number of nitrogens with one attached hydrogen (secondary N) is 1. The maximum Gasteiger partial charge on any atom is 0.350 e. The van der Waals surface area contributed by atoms with Crippen molar-refractivity contribution in [3.63, 3.8) is 0 Å². The predicted molar refractivity (Wildman–Crippen MR) is 157 cm³/mol. The van der Waals surface area contributed by atoms with Gasteiger partial charge in [0.15, 0.2) is 10.8 Å². The number of carboxylic acids is 2. The molecule has 8 N–H and O–H groups in total. The zero-order valence-electron chi connectivity index (χ0n) is 23.2. The molecule has 1 fully saturated rings. The summed E-state index contributed by atoms with van der Waals surface area (Å²) in [6.45, 7) is 5.02. The summed E-state index contributed by atoms with van der Waals surface area (Å²) in [4.78, 5) is 64.6. The molecule has 230 valence electrons. The summed E-state index contributed by atoms with van der Waals surface area (Å²) in [6.07, 6.45) is 0.777. The summed E-state index contributed by atoms with van der Waals surface area (Å²) < 4.78 is 1.77. The Morgan fingerprint density at radius 1 is 1.33 bits per heavy atom. The molecule has 1 unspecified atom stereocenters. The molecule has 2 aliphatic heterocycles. The van der Waals surface area contributed by atoms with Crippen LogP contribution in [0.15, 0.2) is 33.0 Å². The second-order valence-corrected chi connectivity index (χ2v) is 12.8. The number of nitrogen functional groups attached to an aromatic ring is 3. The van der Waals surface area contributed by atoms with Gasteiger partial charge in [0.1, 0.15) is 17.1 Å². The van der Waals surface area contributed by atoms with Crippen molar-refractivity contribution in [3.05, 3.63) is 28.4 Å². The fourth-order valence-electron chi connectivity index (χ4n) is 4.05. The summed E-state index contributed by atoms with van der Waals surface area (Å²) in [5, 5.41) is 29.1. The minimum absolute atomic E-state index is 0.00635. The molecule has 2 aromatic rings. The number of thioether (sulfide) groups is 2. The van der Waals surface area contributed by atoms with E-state index in [4.69, 9.17) is 22.0 Å². The highest BCUT2D eigenvalue weighted by Crippen LogP contribution is 2.41. The molecule has 0 aliphatic carbocycles. The van der Waals surface area contributed by atoms with Gasteiger partial charge in [-0.25, -0.2) is 14.3 Å². The smallest absolute Gasteiger partial charge is 0.350 e. The lowest BCUT2D eigenvalue weighted by atomic mass is 10.0. The first-order chi connectivity index (χ1) is 20.2. The highest BCUT2D eigenvalue weighted by Gasteiger charge is 2.53. The fourth-order valence-corrected chi connectivity index (χ4v) is 7.13. The van der Waals surface area contributed by atoms with Crippen molar-refractivity contribution >= 4 is 81.1 Å². The molecular weight excluding hydrogens is 623 g/mol. The number of oxime groups is 1. The molecule has 0 radical (unpaired) electrons. The van der Waals surface area contributed by atoms with Gasteiger partial charge in [0.25, 0.3) is 11.8 Å². The van der Waals surface area contributed by atoms with Gasteiger partial charge in [0, 0.05) is 16.9 Å². The maximum absolute atomic E-state index is 13.2. The molecule has 4 rings (SSSR count). The van der Waals surface area contributed by atoms with Crippen LogP contribution in [-0.4, -0.2) is 78.0 Å². The molecule has 2 aromatic heterocycles. The third-order valence-corrected chi connectivity index (χ3v) is 9.35. The first-order valence-electron chi connectivity index (χ1n) is 12.7. The van der Waals surface area contributed by atoms with E-state index in [1.807, 2.05) is 6.92 Å². The molecule has 0 aromatic carbocycles. The molecule has 0 spiro atoms. The van der Waals surface area contributed by atoms with Crippen LogP contribution in [0.2, 0.25) is 0 Å². The molecule has 19 heteroatoms. The van der Waals surface area contributed by atoms with Crippen LogP contribution in [-0.2, 0) is 30.6 Å². The zero-order chi connectivity index (χ0) is 31.6. The maximum atomic E-state index is 13.2. The number of β-lactam (4-membered cyclic amide) rings is 1. The third-order valence-electron chi connectivity index (χ3n) is 6.27. The average Bonchev–Trinajstić information content (AvgIpc) is 3.36. The SMILES string of the molecule is CCC[n+]1c(N)cc(N)nc1SCC1=C(C(=O)[O-])N2C(=O)C(NC(=O)/C(=N\OC(C)(C)C(=O)O)c3csc(N)n3)[C@H]2SC1. The number of nitrogens with two attached hydrogens (primary N) is 3. The number of fused-ring (bicyclic) bond motifs is 1. The second-order valence-electron chi connectivity index (χ2n) is 9.85. The van der Waals surface area contributed by atoms with Gasteiger partial charge in [0.05, 0.1) is 24.3 Å². The second kappa shape index (κ2) is 12.6. The highest BCUT2D eigenvalue weighted by atomic mass is 32.2. The number of carboxylic acid groups (broad SMARTS) is 2. The predicted octanol–water partition coefficient (Wildman–Crippen LogP) is -1.24. The number of aromatic nitrogens is 3. The molecule has 2 aliphatic rings. The summed E-state index contributed by atoms with van der Waals surface area (Å²) in [7, 11) is 0. The van der Waals surface area contributed by atoms with Gasteiger partial charge < -0.3 is 42.4 Å². The summed E-state index contributed by atoms with van der Waals surface area (Å²) in [5.41, 5.74) is 15.6. The largest absolute Gasteiger partial charge is 0.543 e. The number of amides is 2. The molecule has 2 amide bonds. The standard InChI is InChI=1S/C24H29N9O7S3/c1-4-5-32-13(26)6-12(25)29-23(32)43-8-10-7-41-19-15(18(35)33(19)16(10)20(36)37)30-17(34)14(11-9-42-22(27)28-11)31-40-24(2,3)21(38)39/h6,9,15,19H,4-5,7-8H2,1-3H3,(H8,25,26,27,28,30,34,36,37,38,39)/b31-14-/t15?,19-/m1/s1. The molecule has 43 heavy (non-hydrogen) atoms. The van der Waals surface area contributed by atoms with Gasteiger partial charge in [-0.05, 0) is 37.6 Å². The van der Waals surface area contributed by atoms with Crippen molar-refractivity contribution in [1.29, 1.82) is 0 Å². The Hall–Kier alpha value is -4.10. The Balaban J connectivity index is 1.54. The van der Waals surface area contributed by atoms with E-state index in [1.54, 1.807) is 10.6 Å². The van der Waals surface area contributed by atoms with Gasteiger partial charge in [-0.3, -0.25) is 14.5 Å². The van der Waals surface area contributed by atoms with Gasteiger partial charge in [0.2, 0.25) is 17.2 Å². The molecule has 1 saturated heterocycles. The van der Waals surface area contributed by atoms with Gasteiger partial charge in [-0.1, -0.05) is 17.1 Å². The Morgan fingerprint density at radius 2 is 2.05 bits per heavy atom. The summed E-state index contributed by atoms with van der Waals surface area (Å²) >= 11 is 3.50. The number of rotatable bonds is 12. The fraction of sp³-hybridized carbons (Fsp3) is 0.417.